The Morgan fingerprint density at radius 3 is 2.81 bits per heavy atom. The summed E-state index contributed by atoms with van der Waals surface area (Å²) in [6.45, 7) is 0.259. The fourth-order valence-electron chi connectivity index (χ4n) is 3.16. The molecule has 0 fully saturated rings. The van der Waals surface area contributed by atoms with E-state index in [0.29, 0.717) is 5.76 Å². The van der Waals surface area contributed by atoms with Crippen LogP contribution in [0, 0.1) is 0 Å². The Balaban J connectivity index is 1.44. The van der Waals surface area contributed by atoms with Crippen molar-refractivity contribution in [2.75, 3.05) is 7.11 Å². The lowest BCUT2D eigenvalue weighted by Gasteiger charge is -2.18. The van der Waals surface area contributed by atoms with Crippen LogP contribution < -0.4 is 4.74 Å². The van der Waals surface area contributed by atoms with Gasteiger partial charge >= 0.3 is 0 Å². The molecule has 1 aliphatic rings. The van der Waals surface area contributed by atoms with Gasteiger partial charge in [0, 0.05) is 17.2 Å². The van der Waals surface area contributed by atoms with Crippen LogP contribution in [0.3, 0.4) is 0 Å². The average Bonchev–Trinajstić information content (AvgIpc) is 3.17. The summed E-state index contributed by atoms with van der Waals surface area (Å²) >= 11 is 0. The second-order valence-corrected chi connectivity index (χ2v) is 6.23. The zero-order chi connectivity index (χ0) is 17.8. The van der Waals surface area contributed by atoms with Crippen molar-refractivity contribution in [2.24, 2.45) is 5.16 Å². The van der Waals surface area contributed by atoms with Crippen LogP contribution in [0.2, 0.25) is 0 Å². The molecule has 132 valence electrons. The molecule has 2 aromatic carbocycles. The minimum Gasteiger partial charge on any atom is -0.497 e. The van der Waals surface area contributed by atoms with Crippen molar-refractivity contribution < 1.29 is 14.1 Å². The highest BCUT2D eigenvalue weighted by Crippen LogP contribution is 2.26. The first-order valence-corrected chi connectivity index (χ1v) is 8.70. The van der Waals surface area contributed by atoms with Gasteiger partial charge in [0.1, 0.15) is 11.4 Å². The Morgan fingerprint density at radius 2 is 1.96 bits per heavy atom. The fourth-order valence-corrected chi connectivity index (χ4v) is 3.16. The van der Waals surface area contributed by atoms with Crippen molar-refractivity contribution in [3.63, 3.8) is 0 Å². The van der Waals surface area contributed by atoms with Crippen molar-refractivity contribution in [3.8, 4) is 17.0 Å². The first kappa shape index (κ1) is 16.4. The van der Waals surface area contributed by atoms with Gasteiger partial charge in [0.25, 0.3) is 0 Å². The monoisotopic (exact) mass is 348 g/mol. The molecule has 0 unspecified atom stereocenters. The predicted molar refractivity (Wildman–Crippen MR) is 99.2 cm³/mol. The minimum atomic E-state index is 0.259. The van der Waals surface area contributed by atoms with Crippen LogP contribution in [0.4, 0.5) is 0 Å². The molecule has 5 heteroatoms. The third kappa shape index (κ3) is 3.47. The Kier molecular flexibility index (Phi) is 4.69. The summed E-state index contributed by atoms with van der Waals surface area (Å²) in [5, 5.41) is 8.43. The number of aromatic nitrogens is 1. The Labute approximate surface area is 152 Å². The highest BCUT2D eigenvalue weighted by atomic mass is 16.6. The van der Waals surface area contributed by atoms with Crippen LogP contribution in [0.25, 0.3) is 11.3 Å². The first-order chi connectivity index (χ1) is 12.8. The van der Waals surface area contributed by atoms with Crippen LogP contribution in [-0.2, 0) is 17.9 Å². The molecule has 1 heterocycles. The SMILES string of the molecule is COc1ccc2c(c1)CCCC2=NOCc1cc(-c2ccccc2)no1. The van der Waals surface area contributed by atoms with E-state index in [9.17, 15) is 0 Å². The van der Waals surface area contributed by atoms with E-state index < -0.39 is 0 Å². The van der Waals surface area contributed by atoms with Gasteiger partial charge in [-0.25, -0.2) is 0 Å². The number of hydrogen-bond acceptors (Lipinski definition) is 5. The number of methoxy groups -OCH3 is 1. The van der Waals surface area contributed by atoms with Crippen LogP contribution in [0.15, 0.2) is 64.3 Å². The van der Waals surface area contributed by atoms with Crippen molar-refractivity contribution in [1.29, 1.82) is 0 Å². The fraction of sp³-hybridized carbons (Fsp3) is 0.238. The van der Waals surface area contributed by atoms with Gasteiger partial charge in [-0.3, -0.25) is 0 Å². The predicted octanol–water partition coefficient (Wildman–Crippen LogP) is 4.61. The molecule has 1 aliphatic carbocycles. The molecule has 0 spiro atoms. The third-order valence-electron chi connectivity index (χ3n) is 4.49. The van der Waals surface area contributed by atoms with Gasteiger partial charge in [-0.15, -0.1) is 0 Å². The molecule has 4 rings (SSSR count). The lowest BCUT2D eigenvalue weighted by atomic mass is 9.90. The Morgan fingerprint density at radius 1 is 1.08 bits per heavy atom. The summed E-state index contributed by atoms with van der Waals surface area (Å²) in [7, 11) is 1.68. The number of ether oxygens (including phenoxy) is 1. The largest absolute Gasteiger partial charge is 0.497 e. The zero-order valence-electron chi connectivity index (χ0n) is 14.6. The van der Waals surface area contributed by atoms with Gasteiger partial charge in [0.15, 0.2) is 12.4 Å². The molecule has 0 N–H and O–H groups in total. The maximum Gasteiger partial charge on any atom is 0.177 e. The second-order valence-electron chi connectivity index (χ2n) is 6.23. The lowest BCUT2D eigenvalue weighted by Crippen LogP contribution is -2.12. The summed E-state index contributed by atoms with van der Waals surface area (Å²) in [5.41, 5.74) is 5.18. The van der Waals surface area contributed by atoms with Crippen LogP contribution in [-0.4, -0.2) is 18.0 Å². The van der Waals surface area contributed by atoms with E-state index in [-0.39, 0.29) is 6.61 Å². The van der Waals surface area contributed by atoms with Gasteiger partial charge in [0.2, 0.25) is 0 Å². The molecule has 0 radical (unpaired) electrons. The second kappa shape index (κ2) is 7.44. The van der Waals surface area contributed by atoms with Gasteiger partial charge in [-0.05, 0) is 43.0 Å². The van der Waals surface area contributed by atoms with Crippen molar-refractivity contribution in [2.45, 2.75) is 25.9 Å². The molecule has 3 aromatic rings. The van der Waals surface area contributed by atoms with Crippen molar-refractivity contribution >= 4 is 5.71 Å². The summed E-state index contributed by atoms with van der Waals surface area (Å²) in [5.74, 6) is 1.53. The van der Waals surface area contributed by atoms with Crippen molar-refractivity contribution in [3.05, 3.63) is 71.5 Å². The topological polar surface area (TPSA) is 56.9 Å². The number of nitrogens with zero attached hydrogens (tertiary/aromatic N) is 2. The van der Waals surface area contributed by atoms with E-state index >= 15 is 0 Å². The van der Waals surface area contributed by atoms with E-state index in [1.807, 2.05) is 42.5 Å². The van der Waals surface area contributed by atoms with E-state index in [1.54, 1.807) is 7.11 Å². The first-order valence-electron chi connectivity index (χ1n) is 8.70. The van der Waals surface area contributed by atoms with Crippen LogP contribution in [0.1, 0.15) is 29.7 Å². The quantitative estimate of drug-likeness (QED) is 0.632. The summed E-state index contributed by atoms with van der Waals surface area (Å²) in [6.07, 6.45) is 3.00. The molecular weight excluding hydrogens is 328 g/mol. The third-order valence-corrected chi connectivity index (χ3v) is 4.49. The minimum absolute atomic E-state index is 0.259. The molecule has 0 atom stereocenters. The molecule has 5 nitrogen and oxygen atoms in total. The van der Waals surface area contributed by atoms with Crippen molar-refractivity contribution in [1.82, 2.24) is 5.16 Å². The van der Waals surface area contributed by atoms with Crippen LogP contribution >= 0.6 is 0 Å². The molecule has 0 saturated heterocycles. The molecule has 0 amide bonds. The Bertz CT molecular complexity index is 916. The molecule has 0 aliphatic heterocycles. The Hall–Kier alpha value is -3.08. The molecule has 0 bridgehead atoms. The average molecular weight is 348 g/mol. The number of rotatable bonds is 5. The maximum absolute atomic E-state index is 5.54. The standard InChI is InChI=1S/C21H20N2O3/c1-24-17-10-11-19-16(12-17)8-5-9-20(19)22-25-14-18-13-21(23-26-18)15-6-3-2-4-7-15/h2-4,6-7,10-13H,5,8-9,14H2,1H3. The summed E-state index contributed by atoms with van der Waals surface area (Å²) in [4.78, 5) is 5.54. The van der Waals surface area contributed by atoms with Gasteiger partial charge < -0.3 is 14.1 Å². The number of benzene rings is 2. The normalized spacial score (nSPS) is 14.9. The van der Waals surface area contributed by atoms with E-state index in [1.165, 1.54) is 5.56 Å². The highest BCUT2D eigenvalue weighted by Gasteiger charge is 2.17. The van der Waals surface area contributed by atoms with E-state index in [4.69, 9.17) is 14.1 Å². The molecule has 1 aromatic heterocycles. The summed E-state index contributed by atoms with van der Waals surface area (Å²) in [6, 6.07) is 17.9. The van der Waals surface area contributed by atoms with E-state index in [2.05, 4.69) is 22.4 Å². The molecule has 0 saturated carbocycles. The maximum atomic E-state index is 5.54. The zero-order valence-corrected chi connectivity index (χ0v) is 14.6. The number of oxime groups is 1. The lowest BCUT2D eigenvalue weighted by molar-refractivity contribution is 0.108. The van der Waals surface area contributed by atoms with Gasteiger partial charge in [-0.2, -0.15) is 0 Å². The van der Waals surface area contributed by atoms with Gasteiger partial charge in [0.05, 0.1) is 12.8 Å². The summed E-state index contributed by atoms with van der Waals surface area (Å²) < 4.78 is 10.7. The van der Waals surface area contributed by atoms with E-state index in [0.717, 1.165) is 47.5 Å². The number of hydrogen-bond donors (Lipinski definition) is 0. The molecular formula is C21H20N2O3. The molecule has 26 heavy (non-hydrogen) atoms. The number of aryl methyl sites for hydroxylation is 1. The van der Waals surface area contributed by atoms with Gasteiger partial charge in [-0.1, -0.05) is 40.6 Å². The van der Waals surface area contributed by atoms with Crippen LogP contribution in [0.5, 0.6) is 5.75 Å². The smallest absolute Gasteiger partial charge is 0.177 e. The number of fused-ring (bicyclic) bond motifs is 1. The highest BCUT2D eigenvalue weighted by molar-refractivity contribution is 6.02.